The normalized spacial score (nSPS) is 15.3. The molecule has 0 N–H and O–H groups in total. The summed E-state index contributed by atoms with van der Waals surface area (Å²) >= 11 is 0. The van der Waals surface area contributed by atoms with Crippen molar-refractivity contribution < 1.29 is 22.4 Å². The van der Waals surface area contributed by atoms with E-state index in [-0.39, 0.29) is 5.91 Å². The topological polar surface area (TPSA) is 71.3 Å². The highest BCUT2D eigenvalue weighted by Gasteiger charge is 2.31. The molecule has 1 fully saturated rings. The summed E-state index contributed by atoms with van der Waals surface area (Å²) in [5.41, 5.74) is -0.232. The number of anilines is 1. The Balaban J connectivity index is 1.43. The molecule has 3 aromatic rings. The third kappa shape index (κ3) is 4.92. The molecule has 178 valence electrons. The molecule has 0 aliphatic carbocycles. The predicted octanol–water partition coefficient (Wildman–Crippen LogP) is 3.37. The maximum atomic E-state index is 13.2. The number of piperazine rings is 1. The van der Waals surface area contributed by atoms with Crippen molar-refractivity contribution in [2.75, 3.05) is 31.1 Å². The van der Waals surface area contributed by atoms with Crippen LogP contribution >= 0.6 is 0 Å². The molecule has 1 aliphatic rings. The molecule has 7 nitrogen and oxygen atoms in total. The van der Waals surface area contributed by atoms with Crippen LogP contribution in [0.15, 0.2) is 59.5 Å². The minimum absolute atomic E-state index is 0.300. The van der Waals surface area contributed by atoms with Gasteiger partial charge in [0, 0.05) is 44.0 Å². The molecule has 1 amide bonds. The lowest BCUT2D eigenvalue weighted by Gasteiger charge is -2.36. The van der Waals surface area contributed by atoms with Crippen molar-refractivity contribution in [1.29, 1.82) is 0 Å². The van der Waals surface area contributed by atoms with Crippen LogP contribution in [0.1, 0.15) is 18.5 Å². The third-order valence-electron chi connectivity index (χ3n) is 5.68. The van der Waals surface area contributed by atoms with Gasteiger partial charge in [-0.05, 0) is 49.4 Å². The number of alkyl halides is 3. The van der Waals surface area contributed by atoms with E-state index in [1.165, 1.54) is 42.5 Å². The smallest absolute Gasteiger partial charge is 0.353 e. The Kier molecular flexibility index (Phi) is 6.36. The maximum Gasteiger partial charge on any atom is 0.417 e. The number of benzene rings is 1. The van der Waals surface area contributed by atoms with Gasteiger partial charge in [-0.1, -0.05) is 0 Å². The summed E-state index contributed by atoms with van der Waals surface area (Å²) in [6.07, 6.45) is -3.66. The summed E-state index contributed by atoms with van der Waals surface area (Å²) in [6, 6.07) is 9.88. The molecule has 0 saturated carbocycles. The summed E-state index contributed by atoms with van der Waals surface area (Å²) in [4.78, 5) is 32.7. The summed E-state index contributed by atoms with van der Waals surface area (Å²) in [5, 5.41) is 4.30. The van der Waals surface area contributed by atoms with Gasteiger partial charge in [-0.25, -0.2) is 14.1 Å². The van der Waals surface area contributed by atoms with Gasteiger partial charge in [-0.15, -0.1) is 0 Å². The van der Waals surface area contributed by atoms with Gasteiger partial charge in [0.15, 0.2) is 0 Å². The Labute approximate surface area is 192 Å². The fourth-order valence-corrected chi connectivity index (χ4v) is 3.74. The van der Waals surface area contributed by atoms with Gasteiger partial charge in [0.2, 0.25) is 5.91 Å². The predicted molar refractivity (Wildman–Crippen MR) is 117 cm³/mol. The van der Waals surface area contributed by atoms with Crippen LogP contribution in [0.25, 0.3) is 11.3 Å². The fraction of sp³-hybridized carbons (Fsp3) is 0.304. The van der Waals surface area contributed by atoms with Crippen LogP contribution in [0.2, 0.25) is 0 Å². The van der Waals surface area contributed by atoms with Gasteiger partial charge in [0.05, 0.1) is 11.3 Å². The molecule has 34 heavy (non-hydrogen) atoms. The summed E-state index contributed by atoms with van der Waals surface area (Å²) in [5.74, 6) is -0.296. The van der Waals surface area contributed by atoms with Gasteiger partial charge >= 0.3 is 6.18 Å². The zero-order chi connectivity index (χ0) is 24.5. The first-order chi connectivity index (χ1) is 16.1. The number of pyridine rings is 1. The Hall–Kier alpha value is -3.76. The Morgan fingerprint density at radius 2 is 1.65 bits per heavy atom. The Morgan fingerprint density at radius 3 is 2.24 bits per heavy atom. The van der Waals surface area contributed by atoms with E-state index in [1.807, 2.05) is 0 Å². The molecule has 2 aromatic heterocycles. The van der Waals surface area contributed by atoms with E-state index in [0.29, 0.717) is 43.3 Å². The van der Waals surface area contributed by atoms with E-state index in [1.54, 1.807) is 16.7 Å². The molecule has 0 spiro atoms. The van der Waals surface area contributed by atoms with Crippen LogP contribution in [-0.4, -0.2) is 51.8 Å². The second-order valence-electron chi connectivity index (χ2n) is 7.90. The number of hydrogen-bond acceptors (Lipinski definition) is 5. The minimum Gasteiger partial charge on any atom is -0.353 e. The van der Waals surface area contributed by atoms with Gasteiger partial charge < -0.3 is 9.80 Å². The molecule has 4 rings (SSSR count). The van der Waals surface area contributed by atoms with Crippen molar-refractivity contribution >= 4 is 11.7 Å². The first-order valence-corrected chi connectivity index (χ1v) is 10.6. The first kappa shape index (κ1) is 23.4. The molecule has 0 radical (unpaired) electrons. The monoisotopic (exact) mass is 475 g/mol. The van der Waals surface area contributed by atoms with E-state index < -0.39 is 29.2 Å². The molecule has 0 bridgehead atoms. The van der Waals surface area contributed by atoms with Crippen molar-refractivity contribution in [3.63, 3.8) is 0 Å². The second kappa shape index (κ2) is 9.24. The first-order valence-electron chi connectivity index (χ1n) is 10.6. The number of carbonyl (C=O) groups is 1. The molecule has 1 aliphatic heterocycles. The average molecular weight is 475 g/mol. The summed E-state index contributed by atoms with van der Waals surface area (Å²) in [7, 11) is 0. The number of hydrogen-bond donors (Lipinski definition) is 0. The number of aromatic nitrogens is 3. The Morgan fingerprint density at radius 1 is 0.971 bits per heavy atom. The number of rotatable bonds is 4. The average Bonchev–Trinajstić information content (AvgIpc) is 2.84. The highest BCUT2D eigenvalue weighted by molar-refractivity contribution is 5.80. The van der Waals surface area contributed by atoms with E-state index in [9.17, 15) is 27.2 Å². The lowest BCUT2D eigenvalue weighted by molar-refractivity contribution is -0.138. The van der Waals surface area contributed by atoms with Crippen molar-refractivity contribution in [3.05, 3.63) is 76.5 Å². The zero-order valence-corrected chi connectivity index (χ0v) is 18.2. The lowest BCUT2D eigenvalue weighted by Crippen LogP contribution is -2.51. The molecule has 1 saturated heterocycles. The van der Waals surface area contributed by atoms with E-state index in [0.717, 1.165) is 16.9 Å². The highest BCUT2D eigenvalue weighted by atomic mass is 19.4. The van der Waals surface area contributed by atoms with Crippen LogP contribution in [0.3, 0.4) is 0 Å². The molecular weight excluding hydrogens is 454 g/mol. The van der Waals surface area contributed by atoms with E-state index in [4.69, 9.17) is 0 Å². The number of halogens is 4. The summed E-state index contributed by atoms with van der Waals surface area (Å²) in [6.45, 7) is 2.98. The SMILES string of the molecule is C[C@@H](C(=O)N1CCN(c2ccc(C(F)(F)F)cn2)CC1)n1nc(-c2ccc(F)cc2)ccc1=O. The number of amides is 1. The quantitative estimate of drug-likeness (QED) is 0.542. The van der Waals surface area contributed by atoms with E-state index in [2.05, 4.69) is 10.1 Å². The van der Waals surface area contributed by atoms with Crippen LogP contribution in [0.4, 0.5) is 23.4 Å². The maximum absolute atomic E-state index is 13.2. The molecule has 0 unspecified atom stereocenters. The van der Waals surface area contributed by atoms with Crippen LogP contribution < -0.4 is 10.5 Å². The van der Waals surface area contributed by atoms with Gasteiger partial charge in [0.25, 0.3) is 5.56 Å². The molecular formula is C23H21F4N5O2. The van der Waals surface area contributed by atoms with Crippen LogP contribution in [0.5, 0.6) is 0 Å². The van der Waals surface area contributed by atoms with Crippen molar-refractivity contribution in [2.24, 2.45) is 0 Å². The van der Waals surface area contributed by atoms with Crippen molar-refractivity contribution in [3.8, 4) is 11.3 Å². The molecule has 1 aromatic carbocycles. The minimum atomic E-state index is -4.45. The lowest BCUT2D eigenvalue weighted by atomic mass is 10.1. The van der Waals surface area contributed by atoms with Crippen LogP contribution in [0, 0.1) is 5.82 Å². The van der Waals surface area contributed by atoms with Crippen molar-refractivity contribution in [2.45, 2.75) is 19.1 Å². The second-order valence-corrected chi connectivity index (χ2v) is 7.90. The summed E-state index contributed by atoms with van der Waals surface area (Å²) < 4.78 is 52.5. The van der Waals surface area contributed by atoms with Crippen molar-refractivity contribution in [1.82, 2.24) is 19.7 Å². The van der Waals surface area contributed by atoms with Gasteiger partial charge in [-0.3, -0.25) is 9.59 Å². The third-order valence-corrected chi connectivity index (χ3v) is 5.68. The molecule has 1 atom stereocenters. The Bertz CT molecular complexity index is 1220. The van der Waals surface area contributed by atoms with Gasteiger partial charge in [0.1, 0.15) is 17.7 Å². The van der Waals surface area contributed by atoms with Gasteiger partial charge in [-0.2, -0.15) is 18.3 Å². The molecule has 11 heteroatoms. The highest BCUT2D eigenvalue weighted by Crippen LogP contribution is 2.29. The van der Waals surface area contributed by atoms with E-state index >= 15 is 0 Å². The zero-order valence-electron chi connectivity index (χ0n) is 18.2. The fourth-order valence-electron chi connectivity index (χ4n) is 3.74. The molecule has 3 heterocycles. The van der Waals surface area contributed by atoms with Crippen LogP contribution in [-0.2, 0) is 11.0 Å². The number of nitrogens with zero attached hydrogens (tertiary/aromatic N) is 5. The largest absolute Gasteiger partial charge is 0.417 e. The number of carbonyl (C=O) groups excluding carboxylic acids is 1. The standard InChI is InChI=1S/C23H21F4N5O2/c1-15(32-21(33)9-7-19(29-32)16-2-5-18(24)6-3-16)22(34)31-12-10-30(11-13-31)20-8-4-17(14-28-20)23(25,26)27/h2-9,14-15H,10-13H2,1H3/t15-/m0/s1.